The van der Waals surface area contributed by atoms with Gasteiger partial charge in [-0.15, -0.1) is 0 Å². The lowest BCUT2D eigenvalue weighted by Crippen LogP contribution is -1.97. The highest BCUT2D eigenvalue weighted by Crippen LogP contribution is 2.23. The summed E-state index contributed by atoms with van der Waals surface area (Å²) in [6.07, 6.45) is 1.84. The first-order valence-electron chi connectivity index (χ1n) is 4.68. The Morgan fingerprint density at radius 3 is 2.75 bits per heavy atom. The Kier molecular flexibility index (Phi) is 3.14. The van der Waals surface area contributed by atoms with E-state index in [9.17, 15) is 0 Å². The van der Waals surface area contributed by atoms with Gasteiger partial charge in [0.05, 0.1) is 19.9 Å². The van der Waals surface area contributed by atoms with Crippen molar-refractivity contribution in [2.45, 2.75) is 0 Å². The molecule has 4 nitrogen and oxygen atoms in total. The first-order chi connectivity index (χ1) is 7.74. The molecule has 84 valence electrons. The van der Waals surface area contributed by atoms with E-state index >= 15 is 0 Å². The van der Waals surface area contributed by atoms with Crippen molar-refractivity contribution in [2.75, 3.05) is 14.2 Å². The van der Waals surface area contributed by atoms with E-state index in [-0.39, 0.29) is 0 Å². The largest absolute Gasteiger partial charge is 0.497 e. The molecule has 0 saturated heterocycles. The molecule has 0 unspecified atom stereocenters. The van der Waals surface area contributed by atoms with Gasteiger partial charge in [-0.05, 0) is 28.1 Å². The van der Waals surface area contributed by atoms with Crippen molar-refractivity contribution in [1.29, 1.82) is 0 Å². The van der Waals surface area contributed by atoms with Gasteiger partial charge < -0.3 is 9.47 Å². The van der Waals surface area contributed by atoms with Gasteiger partial charge >= 0.3 is 6.01 Å². The van der Waals surface area contributed by atoms with Gasteiger partial charge in [-0.25, -0.2) is 0 Å². The lowest BCUT2D eigenvalue weighted by Gasteiger charge is -2.07. The number of halogens is 1. The molecule has 1 heterocycles. The van der Waals surface area contributed by atoms with E-state index in [1.807, 2.05) is 35.0 Å². The van der Waals surface area contributed by atoms with E-state index in [4.69, 9.17) is 9.47 Å². The fraction of sp³-hybridized carbons (Fsp3) is 0.182. The molecule has 0 N–H and O–H groups in total. The van der Waals surface area contributed by atoms with E-state index in [1.165, 1.54) is 0 Å². The molecule has 0 aliphatic heterocycles. The molecule has 5 heteroatoms. The molecule has 16 heavy (non-hydrogen) atoms. The van der Waals surface area contributed by atoms with Gasteiger partial charge in [0, 0.05) is 12.3 Å². The van der Waals surface area contributed by atoms with Crippen molar-refractivity contribution in [3.63, 3.8) is 0 Å². The Labute approximate surface area is 102 Å². The van der Waals surface area contributed by atoms with Gasteiger partial charge in [0.1, 0.15) is 10.4 Å². The van der Waals surface area contributed by atoms with E-state index in [0.717, 1.165) is 16.0 Å². The summed E-state index contributed by atoms with van der Waals surface area (Å²) >= 11 is 3.31. The fourth-order valence-corrected chi connectivity index (χ4v) is 1.78. The second-order valence-electron chi connectivity index (χ2n) is 3.12. The SMILES string of the molecule is COc1cccc(-n2cc(Br)nc2OC)c1. The van der Waals surface area contributed by atoms with Crippen LogP contribution >= 0.6 is 15.9 Å². The third-order valence-electron chi connectivity index (χ3n) is 2.16. The Balaban J connectivity index is 2.48. The van der Waals surface area contributed by atoms with Crippen molar-refractivity contribution in [2.24, 2.45) is 0 Å². The van der Waals surface area contributed by atoms with Crippen molar-refractivity contribution in [3.05, 3.63) is 35.1 Å². The van der Waals surface area contributed by atoms with Crippen LogP contribution in [0.2, 0.25) is 0 Å². The van der Waals surface area contributed by atoms with Gasteiger partial charge in [0.15, 0.2) is 0 Å². The van der Waals surface area contributed by atoms with E-state index in [2.05, 4.69) is 20.9 Å². The molecular formula is C11H11BrN2O2. The van der Waals surface area contributed by atoms with Crippen LogP contribution < -0.4 is 9.47 Å². The lowest BCUT2D eigenvalue weighted by atomic mass is 10.3. The van der Waals surface area contributed by atoms with Crippen LogP contribution in [0.25, 0.3) is 5.69 Å². The van der Waals surface area contributed by atoms with Gasteiger partial charge in [-0.3, -0.25) is 4.57 Å². The summed E-state index contributed by atoms with van der Waals surface area (Å²) in [5.41, 5.74) is 0.939. The number of benzene rings is 1. The Morgan fingerprint density at radius 2 is 2.06 bits per heavy atom. The third-order valence-corrected chi connectivity index (χ3v) is 2.54. The zero-order chi connectivity index (χ0) is 11.5. The second kappa shape index (κ2) is 4.57. The monoisotopic (exact) mass is 282 g/mol. The zero-order valence-electron chi connectivity index (χ0n) is 8.98. The van der Waals surface area contributed by atoms with Crippen LogP contribution in [0.3, 0.4) is 0 Å². The average molecular weight is 283 g/mol. The number of hydrogen-bond donors (Lipinski definition) is 0. The molecule has 0 aliphatic carbocycles. The topological polar surface area (TPSA) is 36.3 Å². The zero-order valence-corrected chi connectivity index (χ0v) is 10.6. The molecule has 0 amide bonds. The molecule has 0 saturated carbocycles. The van der Waals surface area contributed by atoms with E-state index in [0.29, 0.717) is 6.01 Å². The molecular weight excluding hydrogens is 272 g/mol. The van der Waals surface area contributed by atoms with Crippen LogP contribution in [0.5, 0.6) is 11.8 Å². The van der Waals surface area contributed by atoms with Crippen molar-refractivity contribution in [3.8, 4) is 17.4 Å². The summed E-state index contributed by atoms with van der Waals surface area (Å²) in [6, 6.07) is 8.21. The number of ether oxygens (including phenoxy) is 2. The molecule has 0 bridgehead atoms. The van der Waals surface area contributed by atoms with Crippen LogP contribution in [-0.2, 0) is 0 Å². The molecule has 2 rings (SSSR count). The number of hydrogen-bond acceptors (Lipinski definition) is 3. The van der Waals surface area contributed by atoms with Crippen LogP contribution in [-0.4, -0.2) is 23.8 Å². The molecule has 0 aliphatic rings. The van der Waals surface area contributed by atoms with Crippen molar-refractivity contribution >= 4 is 15.9 Å². The van der Waals surface area contributed by atoms with Gasteiger partial charge in [-0.1, -0.05) is 6.07 Å². The maximum absolute atomic E-state index is 5.18. The first kappa shape index (κ1) is 11.0. The maximum atomic E-state index is 5.18. The molecule has 1 aromatic carbocycles. The highest BCUT2D eigenvalue weighted by Gasteiger charge is 2.08. The molecule has 1 aromatic heterocycles. The second-order valence-corrected chi connectivity index (χ2v) is 3.93. The Bertz CT molecular complexity index is 496. The highest BCUT2D eigenvalue weighted by atomic mass is 79.9. The fourth-order valence-electron chi connectivity index (χ4n) is 1.43. The Hall–Kier alpha value is -1.49. The number of rotatable bonds is 3. The number of aromatic nitrogens is 2. The quantitative estimate of drug-likeness (QED) is 0.868. The van der Waals surface area contributed by atoms with Crippen molar-refractivity contribution in [1.82, 2.24) is 9.55 Å². The number of nitrogens with zero attached hydrogens (tertiary/aromatic N) is 2. The minimum absolute atomic E-state index is 0.528. The number of imidazole rings is 1. The molecule has 0 radical (unpaired) electrons. The van der Waals surface area contributed by atoms with Crippen LogP contribution in [0.1, 0.15) is 0 Å². The van der Waals surface area contributed by atoms with Gasteiger partial charge in [-0.2, -0.15) is 4.98 Å². The van der Waals surface area contributed by atoms with Gasteiger partial charge in [0.25, 0.3) is 0 Å². The smallest absolute Gasteiger partial charge is 0.301 e. The standard InChI is InChI=1S/C11H11BrN2O2/c1-15-9-5-3-4-8(6-9)14-7-10(12)13-11(14)16-2/h3-7H,1-2H3. The van der Waals surface area contributed by atoms with Crippen LogP contribution in [0, 0.1) is 0 Å². The van der Waals surface area contributed by atoms with Crippen LogP contribution in [0.15, 0.2) is 35.1 Å². The summed E-state index contributed by atoms with van der Waals surface area (Å²) in [5.74, 6) is 0.796. The normalized spacial score (nSPS) is 10.2. The summed E-state index contributed by atoms with van der Waals surface area (Å²) < 4.78 is 12.9. The summed E-state index contributed by atoms with van der Waals surface area (Å²) in [5, 5.41) is 0. The number of methoxy groups -OCH3 is 2. The molecule has 0 spiro atoms. The van der Waals surface area contributed by atoms with Gasteiger partial charge in [0.2, 0.25) is 0 Å². The minimum Gasteiger partial charge on any atom is -0.497 e. The highest BCUT2D eigenvalue weighted by molar-refractivity contribution is 9.10. The van der Waals surface area contributed by atoms with Crippen LogP contribution in [0.4, 0.5) is 0 Å². The summed E-state index contributed by atoms with van der Waals surface area (Å²) in [7, 11) is 3.23. The predicted molar refractivity (Wildman–Crippen MR) is 64.4 cm³/mol. The minimum atomic E-state index is 0.528. The summed E-state index contributed by atoms with van der Waals surface area (Å²) in [6.45, 7) is 0. The molecule has 2 aromatic rings. The predicted octanol–water partition coefficient (Wildman–Crippen LogP) is 2.65. The van der Waals surface area contributed by atoms with E-state index < -0.39 is 0 Å². The third kappa shape index (κ3) is 2.04. The van der Waals surface area contributed by atoms with E-state index in [1.54, 1.807) is 14.2 Å². The maximum Gasteiger partial charge on any atom is 0.301 e. The first-order valence-corrected chi connectivity index (χ1v) is 5.47. The molecule has 0 atom stereocenters. The Morgan fingerprint density at radius 1 is 1.25 bits per heavy atom. The lowest BCUT2D eigenvalue weighted by molar-refractivity contribution is 0.373. The summed E-state index contributed by atoms with van der Waals surface area (Å²) in [4.78, 5) is 4.18. The average Bonchev–Trinajstić information content (AvgIpc) is 2.70. The van der Waals surface area contributed by atoms with Crippen molar-refractivity contribution < 1.29 is 9.47 Å². The molecule has 0 fully saturated rings.